The Morgan fingerprint density at radius 1 is 0.472 bits per heavy atom. The average molecular weight is 472 g/mol. The molecule has 0 bridgehead atoms. The Hall–Kier alpha value is -5.38. The van der Waals surface area contributed by atoms with Gasteiger partial charge in [0.25, 0.3) is 22.2 Å². The molecule has 0 aliphatic rings. The molecule has 0 spiro atoms. The van der Waals surface area contributed by atoms with Gasteiger partial charge in [0.15, 0.2) is 0 Å². The van der Waals surface area contributed by atoms with E-state index in [0.29, 0.717) is 65.7 Å². The van der Waals surface area contributed by atoms with Crippen molar-refractivity contribution in [1.29, 1.82) is 0 Å². The molecule has 0 saturated carbocycles. The van der Waals surface area contributed by atoms with Crippen molar-refractivity contribution < 1.29 is 0 Å². The molecule has 6 aromatic heterocycles. The highest BCUT2D eigenvalue weighted by atomic mass is 16.2. The number of nitrogens with zero attached hydrogens (tertiary/aromatic N) is 4. The fourth-order valence-electron chi connectivity index (χ4n) is 5.93. The minimum Gasteiger partial charge on any atom is -0.339 e. The summed E-state index contributed by atoms with van der Waals surface area (Å²) in [5, 5.41) is 3.02. The Bertz CT molecular complexity index is 2490. The molecule has 9 rings (SSSR count). The van der Waals surface area contributed by atoms with E-state index >= 15 is 0 Å². The standard InChI is InChI=1S/C26H12N6O4/c33-23-11-5-1-3-7-17(11)29-21-19(25(35)31(23)29)13-9-16-14(10-15(13)27-21)20-22(28-16)30-18-8-4-2-6-12(18)24(34)32(30)26(20)36/h1-10,27-28H. The molecule has 2 N–H and O–H groups in total. The summed E-state index contributed by atoms with van der Waals surface area (Å²) in [6, 6.07) is 17.8. The van der Waals surface area contributed by atoms with Crippen molar-refractivity contribution in [1.82, 2.24) is 28.0 Å². The van der Waals surface area contributed by atoms with Crippen LogP contribution in [-0.4, -0.2) is 28.0 Å². The Labute approximate surface area is 196 Å². The van der Waals surface area contributed by atoms with E-state index < -0.39 is 11.1 Å². The average Bonchev–Trinajstić information content (AvgIpc) is 3.68. The summed E-state index contributed by atoms with van der Waals surface area (Å²) >= 11 is 0. The fourth-order valence-corrected chi connectivity index (χ4v) is 5.93. The second-order valence-corrected chi connectivity index (χ2v) is 9.14. The van der Waals surface area contributed by atoms with E-state index in [1.807, 2.05) is 24.3 Å². The van der Waals surface area contributed by atoms with Crippen LogP contribution in [0.1, 0.15) is 0 Å². The van der Waals surface area contributed by atoms with Gasteiger partial charge in [-0.3, -0.25) is 19.2 Å². The molecule has 0 aliphatic carbocycles. The topological polar surface area (TPSA) is 117 Å². The molecule has 0 radical (unpaired) electrons. The lowest BCUT2D eigenvalue weighted by Gasteiger charge is -1.94. The van der Waals surface area contributed by atoms with E-state index in [1.54, 1.807) is 45.4 Å². The van der Waals surface area contributed by atoms with Gasteiger partial charge in [0, 0.05) is 21.8 Å². The molecule has 0 saturated heterocycles. The van der Waals surface area contributed by atoms with Gasteiger partial charge in [0.2, 0.25) is 0 Å². The molecule has 0 aliphatic heterocycles. The smallest absolute Gasteiger partial charge is 0.284 e. The van der Waals surface area contributed by atoms with E-state index in [-0.39, 0.29) is 11.1 Å². The molecule has 0 atom stereocenters. The molecule has 0 unspecified atom stereocenters. The summed E-state index contributed by atoms with van der Waals surface area (Å²) < 4.78 is 5.52. The van der Waals surface area contributed by atoms with Crippen LogP contribution in [0.25, 0.3) is 65.7 Å². The summed E-state index contributed by atoms with van der Waals surface area (Å²) in [5.41, 5.74) is 2.06. The van der Waals surface area contributed by atoms with Crippen LogP contribution in [0.4, 0.5) is 0 Å². The van der Waals surface area contributed by atoms with Crippen molar-refractivity contribution in [3.8, 4) is 0 Å². The summed E-state index contributed by atoms with van der Waals surface area (Å²) in [4.78, 5) is 59.3. The highest BCUT2D eigenvalue weighted by Crippen LogP contribution is 2.32. The molecule has 9 aromatic rings. The van der Waals surface area contributed by atoms with E-state index in [2.05, 4.69) is 9.97 Å². The third-order valence-electron chi connectivity index (χ3n) is 7.42. The van der Waals surface area contributed by atoms with Gasteiger partial charge in [-0.2, -0.15) is 9.03 Å². The van der Waals surface area contributed by atoms with Crippen LogP contribution in [0.2, 0.25) is 0 Å². The molecule has 10 nitrogen and oxygen atoms in total. The lowest BCUT2D eigenvalue weighted by molar-refractivity contribution is 0.835. The van der Waals surface area contributed by atoms with Gasteiger partial charge in [-0.15, -0.1) is 0 Å². The maximum Gasteiger partial charge on any atom is 0.284 e. The number of hydrogen-bond donors (Lipinski definition) is 2. The zero-order chi connectivity index (χ0) is 24.0. The number of rotatable bonds is 0. The van der Waals surface area contributed by atoms with Crippen molar-refractivity contribution in [2.75, 3.05) is 0 Å². The Morgan fingerprint density at radius 3 is 1.33 bits per heavy atom. The largest absolute Gasteiger partial charge is 0.339 e. The molecular formula is C26H12N6O4. The summed E-state index contributed by atoms with van der Waals surface area (Å²) in [6.45, 7) is 0. The number of H-pyrrole nitrogens is 2. The second-order valence-electron chi connectivity index (χ2n) is 9.14. The predicted octanol–water partition coefficient (Wildman–Crippen LogP) is 2.28. The summed E-state index contributed by atoms with van der Waals surface area (Å²) in [6.07, 6.45) is 0. The second kappa shape index (κ2) is 5.47. The van der Waals surface area contributed by atoms with E-state index in [1.165, 1.54) is 0 Å². The van der Waals surface area contributed by atoms with Crippen LogP contribution >= 0.6 is 0 Å². The Kier molecular flexibility index (Phi) is 2.74. The van der Waals surface area contributed by atoms with Crippen LogP contribution in [0.15, 0.2) is 79.8 Å². The van der Waals surface area contributed by atoms with Crippen molar-refractivity contribution in [2.24, 2.45) is 0 Å². The van der Waals surface area contributed by atoms with Gasteiger partial charge in [0.1, 0.15) is 11.3 Å². The lowest BCUT2D eigenvalue weighted by Crippen LogP contribution is -2.21. The van der Waals surface area contributed by atoms with Crippen molar-refractivity contribution >= 4 is 65.7 Å². The van der Waals surface area contributed by atoms with Crippen LogP contribution in [-0.2, 0) is 0 Å². The molecule has 3 aromatic carbocycles. The summed E-state index contributed by atoms with van der Waals surface area (Å²) in [5.74, 6) is 0. The molecular weight excluding hydrogens is 460 g/mol. The van der Waals surface area contributed by atoms with E-state index in [4.69, 9.17) is 0 Å². The normalized spacial score (nSPS) is 12.9. The van der Waals surface area contributed by atoms with Crippen LogP contribution in [0, 0.1) is 0 Å². The number of aromatic nitrogens is 6. The number of benzene rings is 3. The molecule has 36 heavy (non-hydrogen) atoms. The minimum atomic E-state index is -0.405. The van der Waals surface area contributed by atoms with Gasteiger partial charge in [-0.05, 0) is 36.4 Å². The highest BCUT2D eigenvalue weighted by Gasteiger charge is 2.24. The molecule has 10 heteroatoms. The SMILES string of the molecule is O=c1c2ccccc2n2c3[nH]c4cc5c(cc4c3c(=O)n12)[nH]c1c5c(=O)n2c(=O)c3ccccc3n12. The molecule has 6 heterocycles. The van der Waals surface area contributed by atoms with Crippen LogP contribution in [0.5, 0.6) is 0 Å². The first-order chi connectivity index (χ1) is 17.5. The van der Waals surface area contributed by atoms with Gasteiger partial charge in [0.05, 0.1) is 32.6 Å². The number of nitrogens with one attached hydrogen (secondary N) is 2. The van der Waals surface area contributed by atoms with Crippen molar-refractivity contribution in [3.05, 3.63) is 102 Å². The first kappa shape index (κ1) is 18.0. The first-order valence-electron chi connectivity index (χ1n) is 11.3. The third-order valence-corrected chi connectivity index (χ3v) is 7.42. The summed E-state index contributed by atoms with van der Waals surface area (Å²) in [7, 11) is 0. The molecule has 0 amide bonds. The van der Waals surface area contributed by atoms with Crippen LogP contribution < -0.4 is 22.2 Å². The molecule has 0 fully saturated rings. The van der Waals surface area contributed by atoms with E-state index in [9.17, 15) is 19.2 Å². The van der Waals surface area contributed by atoms with Crippen LogP contribution in [0.3, 0.4) is 0 Å². The highest BCUT2D eigenvalue weighted by molar-refractivity contribution is 6.16. The number of fused-ring (bicyclic) bond motifs is 14. The number of aromatic amines is 2. The third kappa shape index (κ3) is 1.72. The lowest BCUT2D eigenvalue weighted by atomic mass is 10.1. The Balaban J connectivity index is 1.49. The van der Waals surface area contributed by atoms with Gasteiger partial charge in [-0.25, -0.2) is 9.03 Å². The zero-order valence-corrected chi connectivity index (χ0v) is 18.2. The van der Waals surface area contributed by atoms with Crippen molar-refractivity contribution in [3.63, 3.8) is 0 Å². The fraction of sp³-hybridized carbons (Fsp3) is 0. The van der Waals surface area contributed by atoms with E-state index in [0.717, 1.165) is 9.03 Å². The monoisotopic (exact) mass is 472 g/mol. The first-order valence-corrected chi connectivity index (χ1v) is 11.3. The quantitative estimate of drug-likeness (QED) is 0.352. The Morgan fingerprint density at radius 2 is 0.889 bits per heavy atom. The number of hydrogen-bond acceptors (Lipinski definition) is 4. The van der Waals surface area contributed by atoms with Gasteiger partial charge >= 0.3 is 0 Å². The van der Waals surface area contributed by atoms with Crippen molar-refractivity contribution in [2.45, 2.75) is 0 Å². The zero-order valence-electron chi connectivity index (χ0n) is 18.2. The van der Waals surface area contributed by atoms with Gasteiger partial charge < -0.3 is 9.97 Å². The molecule has 170 valence electrons. The number of para-hydroxylation sites is 2. The predicted molar refractivity (Wildman–Crippen MR) is 136 cm³/mol. The van der Waals surface area contributed by atoms with Gasteiger partial charge in [-0.1, -0.05) is 24.3 Å². The minimum absolute atomic E-state index is 0.365. The maximum absolute atomic E-state index is 13.4. The maximum atomic E-state index is 13.4.